The smallest absolute Gasteiger partial charge is 0.269 e. The van der Waals surface area contributed by atoms with Gasteiger partial charge in [-0.3, -0.25) is 10.1 Å². The lowest BCUT2D eigenvalue weighted by molar-refractivity contribution is -0.384. The third-order valence-electron chi connectivity index (χ3n) is 3.70. The summed E-state index contributed by atoms with van der Waals surface area (Å²) in [6.07, 6.45) is 5.74. The van der Waals surface area contributed by atoms with Crippen molar-refractivity contribution >= 4 is 5.69 Å². The average molecular weight is 272 g/mol. The van der Waals surface area contributed by atoms with E-state index in [1.165, 1.54) is 12.1 Å². The maximum absolute atomic E-state index is 10.6. The molecule has 0 amide bonds. The zero-order chi connectivity index (χ0) is 14.1. The quantitative estimate of drug-likeness (QED) is 0.672. The molecule has 5 nitrogen and oxygen atoms in total. The Balaban J connectivity index is 1.69. The lowest BCUT2D eigenvalue weighted by atomic mass is 10.1. The van der Waals surface area contributed by atoms with E-state index in [9.17, 15) is 15.2 Å². The van der Waals surface area contributed by atoms with Crippen LogP contribution < -0.4 is 0 Å². The van der Waals surface area contributed by atoms with Crippen LogP contribution in [0, 0.1) is 16.0 Å². The molecule has 20 heavy (non-hydrogen) atoms. The van der Waals surface area contributed by atoms with E-state index in [4.69, 9.17) is 0 Å². The Kier molecular flexibility index (Phi) is 3.28. The Morgan fingerprint density at radius 2 is 2.00 bits per heavy atom. The first-order valence-electron chi connectivity index (χ1n) is 6.70. The molecule has 1 aliphatic rings. The summed E-state index contributed by atoms with van der Waals surface area (Å²) in [7, 11) is 0. The zero-order valence-corrected chi connectivity index (χ0v) is 11.0. The number of nitro benzene ring substituents is 1. The van der Waals surface area contributed by atoms with E-state index in [1.807, 2.05) is 23.0 Å². The van der Waals surface area contributed by atoms with Gasteiger partial charge in [0.05, 0.1) is 11.0 Å². The van der Waals surface area contributed by atoms with Gasteiger partial charge in [0.15, 0.2) is 0 Å². The number of non-ortho nitro benzene ring substituents is 1. The monoisotopic (exact) mass is 272 g/mol. The summed E-state index contributed by atoms with van der Waals surface area (Å²) in [6, 6.07) is 8.48. The van der Waals surface area contributed by atoms with Crippen LogP contribution in [0.2, 0.25) is 0 Å². The van der Waals surface area contributed by atoms with Gasteiger partial charge in [-0.15, -0.1) is 0 Å². The van der Waals surface area contributed by atoms with Crippen LogP contribution in [0.5, 0.6) is 0 Å². The Bertz CT molecular complexity index is 614. The molecule has 0 saturated heterocycles. The minimum Gasteiger partial charge on any atom is -0.388 e. The van der Waals surface area contributed by atoms with Crippen LogP contribution >= 0.6 is 0 Å². The van der Waals surface area contributed by atoms with Crippen molar-refractivity contribution in [2.75, 3.05) is 0 Å². The summed E-state index contributed by atoms with van der Waals surface area (Å²) in [4.78, 5) is 10.2. The molecule has 1 N–H and O–H groups in total. The van der Waals surface area contributed by atoms with Gasteiger partial charge >= 0.3 is 0 Å². The van der Waals surface area contributed by atoms with Crippen molar-refractivity contribution in [3.63, 3.8) is 0 Å². The fourth-order valence-electron chi connectivity index (χ4n) is 2.35. The van der Waals surface area contributed by atoms with Gasteiger partial charge < -0.3 is 9.67 Å². The number of aliphatic hydroxyl groups excluding tert-OH is 1. The second-order valence-electron chi connectivity index (χ2n) is 5.32. The van der Waals surface area contributed by atoms with Gasteiger partial charge in [0, 0.05) is 31.1 Å². The summed E-state index contributed by atoms with van der Waals surface area (Å²) in [5.41, 5.74) is 2.05. The Morgan fingerprint density at radius 3 is 2.60 bits per heavy atom. The number of rotatable bonds is 5. The van der Waals surface area contributed by atoms with Crippen molar-refractivity contribution in [3.8, 4) is 0 Å². The average Bonchev–Trinajstić information content (AvgIpc) is 3.19. The van der Waals surface area contributed by atoms with Gasteiger partial charge in [0.25, 0.3) is 5.69 Å². The van der Waals surface area contributed by atoms with Crippen molar-refractivity contribution in [3.05, 3.63) is 64.0 Å². The maximum atomic E-state index is 10.6. The van der Waals surface area contributed by atoms with Gasteiger partial charge in [0.2, 0.25) is 0 Å². The van der Waals surface area contributed by atoms with Crippen molar-refractivity contribution < 1.29 is 10.0 Å². The predicted molar refractivity (Wildman–Crippen MR) is 74.3 cm³/mol. The molecule has 5 heteroatoms. The molecule has 2 aromatic rings. The highest BCUT2D eigenvalue weighted by atomic mass is 16.6. The second-order valence-corrected chi connectivity index (χ2v) is 5.32. The number of nitrogens with zero attached hydrogens (tertiary/aromatic N) is 2. The van der Waals surface area contributed by atoms with Gasteiger partial charge in [-0.2, -0.15) is 0 Å². The SMILES string of the molecule is O=[N+]([O-])c1ccc(Cn2ccc(C(O)C3CC3)c2)cc1. The van der Waals surface area contributed by atoms with Crippen LogP contribution in [-0.4, -0.2) is 14.6 Å². The van der Waals surface area contributed by atoms with E-state index in [0.717, 1.165) is 24.0 Å². The molecule has 1 saturated carbocycles. The van der Waals surface area contributed by atoms with E-state index in [-0.39, 0.29) is 11.8 Å². The molecule has 3 rings (SSSR count). The maximum Gasteiger partial charge on any atom is 0.269 e. The summed E-state index contributed by atoms with van der Waals surface area (Å²) in [5, 5.41) is 20.6. The standard InChI is InChI=1S/C15H16N2O3/c18-15(12-3-4-12)13-7-8-16(10-13)9-11-1-5-14(6-2-11)17(19)20/h1-2,5-8,10,12,15,18H,3-4,9H2. The lowest BCUT2D eigenvalue weighted by Gasteiger charge is -2.06. The molecular weight excluding hydrogens is 256 g/mol. The zero-order valence-electron chi connectivity index (χ0n) is 11.0. The Labute approximate surface area is 116 Å². The predicted octanol–water partition coefficient (Wildman–Crippen LogP) is 2.89. The highest BCUT2D eigenvalue weighted by Gasteiger charge is 2.31. The van der Waals surface area contributed by atoms with Crippen molar-refractivity contribution in [1.82, 2.24) is 4.57 Å². The lowest BCUT2D eigenvalue weighted by Crippen LogP contribution is -1.99. The van der Waals surface area contributed by atoms with Gasteiger partial charge in [-0.05, 0) is 36.0 Å². The van der Waals surface area contributed by atoms with E-state index in [0.29, 0.717) is 12.5 Å². The molecule has 0 spiro atoms. The first kappa shape index (κ1) is 12.9. The molecular formula is C15H16N2O3. The Hall–Kier alpha value is -2.14. The van der Waals surface area contributed by atoms with Crippen molar-refractivity contribution in [1.29, 1.82) is 0 Å². The van der Waals surface area contributed by atoms with E-state index >= 15 is 0 Å². The minimum atomic E-state index is -0.399. The van der Waals surface area contributed by atoms with Gasteiger partial charge in [-0.25, -0.2) is 0 Å². The molecule has 1 aromatic carbocycles. The first-order valence-corrected chi connectivity index (χ1v) is 6.70. The van der Waals surface area contributed by atoms with E-state index < -0.39 is 4.92 Å². The topological polar surface area (TPSA) is 68.3 Å². The third-order valence-corrected chi connectivity index (χ3v) is 3.70. The highest BCUT2D eigenvalue weighted by Crippen LogP contribution is 2.40. The largest absolute Gasteiger partial charge is 0.388 e. The van der Waals surface area contributed by atoms with Crippen LogP contribution in [0.4, 0.5) is 5.69 Å². The number of aromatic nitrogens is 1. The van der Waals surface area contributed by atoms with Crippen LogP contribution in [0.15, 0.2) is 42.7 Å². The summed E-state index contributed by atoms with van der Waals surface area (Å²) in [5.74, 6) is 0.422. The minimum absolute atomic E-state index is 0.103. The molecule has 1 aromatic heterocycles. The normalized spacial score (nSPS) is 16.1. The number of nitro groups is 1. The summed E-state index contributed by atoms with van der Waals surface area (Å²) >= 11 is 0. The number of hydrogen-bond donors (Lipinski definition) is 1. The number of hydrogen-bond acceptors (Lipinski definition) is 3. The van der Waals surface area contributed by atoms with Crippen LogP contribution in [0.3, 0.4) is 0 Å². The van der Waals surface area contributed by atoms with Crippen molar-refractivity contribution in [2.45, 2.75) is 25.5 Å². The molecule has 1 atom stereocenters. The Morgan fingerprint density at radius 1 is 1.30 bits per heavy atom. The second kappa shape index (κ2) is 5.09. The van der Waals surface area contributed by atoms with Crippen LogP contribution in [-0.2, 0) is 6.54 Å². The fraction of sp³-hybridized carbons (Fsp3) is 0.333. The molecule has 1 unspecified atom stereocenters. The molecule has 104 valence electrons. The van der Waals surface area contributed by atoms with Crippen molar-refractivity contribution in [2.24, 2.45) is 5.92 Å². The van der Waals surface area contributed by atoms with Gasteiger partial charge in [0.1, 0.15) is 0 Å². The molecule has 1 aliphatic carbocycles. The van der Waals surface area contributed by atoms with Crippen LogP contribution in [0.1, 0.15) is 30.1 Å². The molecule has 0 radical (unpaired) electrons. The van der Waals surface area contributed by atoms with E-state index in [2.05, 4.69) is 0 Å². The highest BCUT2D eigenvalue weighted by molar-refractivity contribution is 5.33. The molecule has 0 bridgehead atoms. The summed E-state index contributed by atoms with van der Waals surface area (Å²) in [6.45, 7) is 0.648. The molecule has 0 aliphatic heterocycles. The molecule has 1 fully saturated rings. The number of benzene rings is 1. The van der Waals surface area contributed by atoms with Crippen LogP contribution in [0.25, 0.3) is 0 Å². The van der Waals surface area contributed by atoms with Gasteiger partial charge in [-0.1, -0.05) is 12.1 Å². The number of aliphatic hydroxyl groups is 1. The first-order chi connectivity index (χ1) is 9.63. The van der Waals surface area contributed by atoms with E-state index in [1.54, 1.807) is 12.1 Å². The molecule has 1 heterocycles. The third kappa shape index (κ3) is 2.72. The summed E-state index contributed by atoms with van der Waals surface area (Å²) < 4.78 is 1.99. The fourth-order valence-corrected chi connectivity index (χ4v) is 2.35.